The molecule has 0 saturated carbocycles. The van der Waals surface area contributed by atoms with Gasteiger partial charge in [-0.1, -0.05) is 17.7 Å². The molecule has 0 aliphatic rings. The Bertz CT molecular complexity index is 841. The van der Waals surface area contributed by atoms with E-state index in [4.69, 9.17) is 36.0 Å². The Morgan fingerprint density at radius 3 is 1.92 bits per heavy atom. The molecule has 2 rings (SSSR count). The number of benzene rings is 1. The molecule has 0 aliphatic heterocycles. The van der Waals surface area contributed by atoms with E-state index in [-0.39, 0.29) is 0 Å². The molecule has 24 heavy (non-hydrogen) atoms. The molecule has 128 valence electrons. The van der Waals surface area contributed by atoms with E-state index in [0.717, 1.165) is 15.3 Å². The summed E-state index contributed by atoms with van der Waals surface area (Å²) in [6, 6.07) is 7.51. The molecule has 1 aromatic heterocycles. The van der Waals surface area contributed by atoms with Crippen LogP contribution in [0.4, 0.5) is 0 Å². The first kappa shape index (κ1) is 19.2. The molecule has 1 aromatic carbocycles. The molecule has 0 spiro atoms. The first-order valence-electron chi connectivity index (χ1n) is 6.79. The van der Waals surface area contributed by atoms with Crippen molar-refractivity contribution in [1.29, 1.82) is 0 Å². The fourth-order valence-electron chi connectivity index (χ4n) is 1.57. The van der Waals surface area contributed by atoms with E-state index >= 15 is 0 Å². The second kappa shape index (κ2) is 8.30. The topological polar surface area (TPSA) is 36.1 Å². The van der Waals surface area contributed by atoms with Crippen molar-refractivity contribution in [2.24, 2.45) is 9.98 Å². The van der Waals surface area contributed by atoms with Gasteiger partial charge in [-0.15, -0.1) is 0 Å². The number of nitrogens with zero attached hydrogens (tertiary/aromatic N) is 5. The van der Waals surface area contributed by atoms with Crippen molar-refractivity contribution >= 4 is 66.9 Å². The van der Waals surface area contributed by atoms with Gasteiger partial charge in [-0.05, 0) is 63.3 Å². The highest BCUT2D eigenvalue weighted by Crippen LogP contribution is 2.13. The zero-order valence-electron chi connectivity index (χ0n) is 13.6. The minimum atomic E-state index is 0.488. The van der Waals surface area contributed by atoms with Crippen LogP contribution in [-0.2, 0) is 0 Å². The predicted molar refractivity (Wildman–Crippen MR) is 110 cm³/mol. The molecular weight excluding hydrogens is 402 g/mol. The molecular formula is C14H16ClN5S4. The van der Waals surface area contributed by atoms with Crippen LogP contribution in [0.3, 0.4) is 0 Å². The van der Waals surface area contributed by atoms with Crippen molar-refractivity contribution in [2.75, 3.05) is 28.2 Å². The smallest absolute Gasteiger partial charge is 0.209 e. The summed E-state index contributed by atoms with van der Waals surface area (Å²) in [7, 11) is 10.4. The van der Waals surface area contributed by atoms with Gasteiger partial charge in [0.15, 0.2) is 10.2 Å². The van der Waals surface area contributed by atoms with Gasteiger partial charge < -0.3 is 9.80 Å². The molecule has 0 fully saturated rings. The van der Waals surface area contributed by atoms with Gasteiger partial charge in [0.2, 0.25) is 9.60 Å². The quantitative estimate of drug-likeness (QED) is 0.528. The summed E-state index contributed by atoms with van der Waals surface area (Å²) < 4.78 is 1.91. The molecule has 0 radical (unpaired) electrons. The van der Waals surface area contributed by atoms with Crippen LogP contribution in [0.15, 0.2) is 34.3 Å². The van der Waals surface area contributed by atoms with Crippen molar-refractivity contribution in [3.63, 3.8) is 0 Å². The minimum absolute atomic E-state index is 0.488. The average Bonchev–Trinajstić information content (AvgIpc) is 2.89. The maximum atomic E-state index is 6.14. The minimum Gasteiger partial charge on any atom is -0.353 e. The Kier molecular flexibility index (Phi) is 6.64. The Balaban J connectivity index is 2.74. The van der Waals surface area contributed by atoms with Crippen molar-refractivity contribution in [1.82, 2.24) is 14.4 Å². The van der Waals surface area contributed by atoms with Crippen LogP contribution in [-0.4, -0.2) is 52.8 Å². The lowest BCUT2D eigenvalue weighted by molar-refractivity contribution is 0.624. The average molecular weight is 418 g/mol. The third kappa shape index (κ3) is 4.70. The molecule has 0 unspecified atom stereocenters. The van der Waals surface area contributed by atoms with Crippen molar-refractivity contribution in [3.8, 4) is 5.69 Å². The molecule has 1 heterocycles. The molecule has 0 amide bonds. The van der Waals surface area contributed by atoms with Crippen LogP contribution >= 0.6 is 56.7 Å². The molecule has 0 bridgehead atoms. The molecule has 10 heteroatoms. The summed E-state index contributed by atoms with van der Waals surface area (Å²) >= 11 is 16.7. The number of thiocarbonyl (C=S) groups is 2. The normalized spacial score (nSPS) is 12.4. The summed E-state index contributed by atoms with van der Waals surface area (Å²) in [6.07, 6.45) is 0. The van der Waals surface area contributed by atoms with E-state index in [1.807, 2.05) is 57.0 Å². The van der Waals surface area contributed by atoms with Crippen molar-refractivity contribution in [2.45, 2.75) is 0 Å². The first-order chi connectivity index (χ1) is 11.3. The summed E-state index contributed by atoms with van der Waals surface area (Å²) in [5, 5.41) is 1.61. The number of hydrogen-bond acceptors (Lipinski definition) is 4. The summed E-state index contributed by atoms with van der Waals surface area (Å²) in [6.45, 7) is 0. The number of rotatable bonds is 1. The Labute approximate surface area is 163 Å². The second-order valence-electron chi connectivity index (χ2n) is 5.12. The van der Waals surface area contributed by atoms with Gasteiger partial charge in [-0.2, -0.15) is 9.98 Å². The van der Waals surface area contributed by atoms with Gasteiger partial charge in [0, 0.05) is 33.2 Å². The van der Waals surface area contributed by atoms with Crippen LogP contribution in [0, 0.1) is 0 Å². The predicted octanol–water partition coefficient (Wildman–Crippen LogP) is 2.75. The molecule has 0 saturated heterocycles. The van der Waals surface area contributed by atoms with Gasteiger partial charge in [-0.25, -0.2) is 0 Å². The third-order valence-corrected chi connectivity index (χ3v) is 6.01. The van der Waals surface area contributed by atoms with E-state index in [9.17, 15) is 0 Å². The third-order valence-electron chi connectivity index (χ3n) is 2.79. The molecule has 0 aliphatic carbocycles. The fraction of sp³-hybridized carbons (Fsp3) is 0.286. The van der Waals surface area contributed by atoms with Crippen LogP contribution in [0.25, 0.3) is 5.69 Å². The lowest BCUT2D eigenvalue weighted by Crippen LogP contribution is -2.29. The number of hydrogen-bond donors (Lipinski definition) is 0. The Morgan fingerprint density at radius 2 is 1.50 bits per heavy atom. The zero-order valence-corrected chi connectivity index (χ0v) is 17.6. The molecule has 2 aromatic rings. The van der Waals surface area contributed by atoms with E-state index < -0.39 is 0 Å². The Morgan fingerprint density at radius 1 is 1.00 bits per heavy atom. The standard InChI is InChI=1S/C14H16ClN5S4/c1-18(2)11(21)16-13-20(10-7-5-6-9(15)8-10)14(24-23-13)17-12(22)19(3)4/h5-8H,1-4H3. The van der Waals surface area contributed by atoms with E-state index in [1.165, 1.54) is 20.7 Å². The summed E-state index contributed by atoms with van der Waals surface area (Å²) in [5.41, 5.74) is 0.862. The lowest BCUT2D eigenvalue weighted by Gasteiger charge is -2.09. The van der Waals surface area contributed by atoms with Crippen molar-refractivity contribution in [3.05, 3.63) is 38.9 Å². The van der Waals surface area contributed by atoms with Crippen molar-refractivity contribution < 1.29 is 0 Å². The highest BCUT2D eigenvalue weighted by Gasteiger charge is 2.08. The highest BCUT2D eigenvalue weighted by atomic mass is 35.5. The van der Waals surface area contributed by atoms with Crippen LogP contribution in [0.5, 0.6) is 0 Å². The Hall–Kier alpha value is -1.13. The summed E-state index contributed by atoms with van der Waals surface area (Å²) in [4.78, 5) is 14.1. The van der Waals surface area contributed by atoms with Crippen LogP contribution in [0.1, 0.15) is 0 Å². The van der Waals surface area contributed by atoms with Gasteiger partial charge in [-0.3, -0.25) is 4.57 Å². The van der Waals surface area contributed by atoms with Gasteiger partial charge in [0.1, 0.15) is 0 Å². The van der Waals surface area contributed by atoms with Gasteiger partial charge >= 0.3 is 0 Å². The number of aromatic nitrogens is 1. The lowest BCUT2D eigenvalue weighted by atomic mass is 10.3. The van der Waals surface area contributed by atoms with Gasteiger partial charge in [0.25, 0.3) is 0 Å². The SMILES string of the molecule is CN(C)C(=S)N=c1ssc(=NC(=S)N(C)C)n1-c1cccc(Cl)c1. The first-order valence-corrected chi connectivity index (χ1v) is 10.1. The van der Waals surface area contributed by atoms with Crippen LogP contribution < -0.4 is 9.60 Å². The van der Waals surface area contributed by atoms with Crippen LogP contribution in [0.2, 0.25) is 5.02 Å². The summed E-state index contributed by atoms with van der Waals surface area (Å²) in [5.74, 6) is 0. The number of halogens is 1. The maximum absolute atomic E-state index is 6.14. The fourth-order valence-corrected chi connectivity index (χ4v) is 4.15. The zero-order chi connectivity index (χ0) is 17.9. The maximum Gasteiger partial charge on any atom is 0.209 e. The molecule has 0 N–H and O–H groups in total. The second-order valence-corrected chi connectivity index (χ2v) is 8.36. The van der Waals surface area contributed by atoms with E-state index in [2.05, 4.69) is 9.98 Å². The van der Waals surface area contributed by atoms with E-state index in [0.29, 0.717) is 15.2 Å². The largest absolute Gasteiger partial charge is 0.353 e. The van der Waals surface area contributed by atoms with Gasteiger partial charge in [0.05, 0.1) is 5.69 Å². The van der Waals surface area contributed by atoms with E-state index in [1.54, 1.807) is 9.80 Å². The molecule has 5 nitrogen and oxygen atoms in total. The molecule has 0 atom stereocenters. The highest BCUT2D eigenvalue weighted by molar-refractivity contribution is 7.80. The monoisotopic (exact) mass is 417 g/mol.